The first-order valence-electron chi connectivity index (χ1n) is 6.66. The highest BCUT2D eigenvalue weighted by atomic mass is 32.2. The Morgan fingerprint density at radius 1 is 1.17 bits per heavy atom. The number of amides is 3. The Hall–Kier alpha value is -2.23. The smallest absolute Gasteiger partial charge is 0.446 e. The van der Waals surface area contributed by atoms with Gasteiger partial charge in [0.2, 0.25) is 0 Å². The Kier molecular flexibility index (Phi) is 6.64. The van der Waals surface area contributed by atoms with Crippen LogP contribution in [0.4, 0.5) is 18.0 Å². The molecule has 6 nitrogen and oxygen atoms in total. The molecule has 1 rings (SSSR count). The van der Waals surface area contributed by atoms with Gasteiger partial charge in [0.15, 0.2) is 6.10 Å². The summed E-state index contributed by atoms with van der Waals surface area (Å²) in [4.78, 5) is 34.4. The fraction of sp³-hybridized carbons (Fsp3) is 0.357. The number of nitrogens with two attached hydrogens (primary N) is 1. The average Bonchev–Trinajstić information content (AvgIpc) is 2.42. The van der Waals surface area contributed by atoms with E-state index in [4.69, 9.17) is 10.5 Å². The SMILES string of the molecule is CC(C)[C@H](OC(=O)c1ccc(SC(F)(F)F)cc1)C(=O)NC(N)=O. The molecule has 0 heterocycles. The lowest BCUT2D eigenvalue weighted by atomic mass is 10.1. The van der Waals surface area contributed by atoms with Crippen LogP contribution in [0.25, 0.3) is 0 Å². The molecule has 0 aliphatic heterocycles. The Bertz CT molecular complexity index is 617. The van der Waals surface area contributed by atoms with Gasteiger partial charge in [-0.25, -0.2) is 9.59 Å². The topological polar surface area (TPSA) is 98.5 Å². The van der Waals surface area contributed by atoms with Gasteiger partial charge in [-0.05, 0) is 41.9 Å². The van der Waals surface area contributed by atoms with Gasteiger partial charge in [-0.1, -0.05) is 13.8 Å². The van der Waals surface area contributed by atoms with Crippen molar-refractivity contribution in [1.82, 2.24) is 5.32 Å². The van der Waals surface area contributed by atoms with E-state index in [2.05, 4.69) is 0 Å². The minimum absolute atomic E-state index is 0.0287. The van der Waals surface area contributed by atoms with Crippen molar-refractivity contribution in [2.24, 2.45) is 11.7 Å². The van der Waals surface area contributed by atoms with Crippen molar-refractivity contribution in [2.75, 3.05) is 0 Å². The molecule has 0 radical (unpaired) electrons. The van der Waals surface area contributed by atoms with E-state index in [9.17, 15) is 27.6 Å². The molecular weight excluding hydrogens is 349 g/mol. The summed E-state index contributed by atoms with van der Waals surface area (Å²) in [6.45, 7) is 3.17. The molecule has 0 spiro atoms. The van der Waals surface area contributed by atoms with Crippen LogP contribution in [0.1, 0.15) is 24.2 Å². The number of ether oxygens (including phenoxy) is 1. The molecule has 0 aliphatic carbocycles. The quantitative estimate of drug-likeness (QED) is 0.618. The number of carbonyl (C=O) groups excluding carboxylic acids is 3. The summed E-state index contributed by atoms with van der Waals surface area (Å²) in [5.41, 5.74) is 0.373. The largest absolute Gasteiger partial charge is 0.448 e. The minimum Gasteiger partial charge on any atom is -0.448 e. The highest BCUT2D eigenvalue weighted by molar-refractivity contribution is 8.00. The molecule has 0 aromatic heterocycles. The van der Waals surface area contributed by atoms with Gasteiger partial charge in [-0.2, -0.15) is 13.2 Å². The number of alkyl halides is 3. The lowest BCUT2D eigenvalue weighted by Crippen LogP contribution is -2.45. The Morgan fingerprint density at radius 2 is 1.71 bits per heavy atom. The monoisotopic (exact) mass is 364 g/mol. The second-order valence-electron chi connectivity index (χ2n) is 5.00. The fourth-order valence-corrected chi connectivity index (χ4v) is 2.20. The maximum absolute atomic E-state index is 12.2. The van der Waals surface area contributed by atoms with E-state index in [0.717, 1.165) is 24.3 Å². The number of hydrogen-bond donors (Lipinski definition) is 2. The van der Waals surface area contributed by atoms with Gasteiger partial charge in [0, 0.05) is 4.90 Å². The number of carbonyl (C=O) groups is 3. The van der Waals surface area contributed by atoms with E-state index < -0.39 is 35.4 Å². The van der Waals surface area contributed by atoms with E-state index in [1.54, 1.807) is 13.8 Å². The van der Waals surface area contributed by atoms with Gasteiger partial charge >= 0.3 is 17.5 Å². The highest BCUT2D eigenvalue weighted by Gasteiger charge is 2.30. The van der Waals surface area contributed by atoms with Crippen LogP contribution in [-0.2, 0) is 9.53 Å². The van der Waals surface area contributed by atoms with Crippen molar-refractivity contribution in [3.8, 4) is 0 Å². The number of primary amides is 1. The van der Waals surface area contributed by atoms with E-state index >= 15 is 0 Å². The molecule has 0 saturated carbocycles. The molecule has 1 aromatic carbocycles. The number of benzene rings is 1. The number of urea groups is 1. The summed E-state index contributed by atoms with van der Waals surface area (Å²) in [5.74, 6) is -2.24. The number of imide groups is 1. The van der Waals surface area contributed by atoms with Gasteiger partial charge in [0.25, 0.3) is 5.91 Å². The van der Waals surface area contributed by atoms with E-state index in [-0.39, 0.29) is 22.2 Å². The van der Waals surface area contributed by atoms with Gasteiger partial charge in [-0.3, -0.25) is 10.1 Å². The van der Waals surface area contributed by atoms with Gasteiger partial charge in [0.05, 0.1) is 5.56 Å². The normalized spacial score (nSPS) is 12.6. The predicted molar refractivity (Wildman–Crippen MR) is 80.1 cm³/mol. The molecule has 3 N–H and O–H groups in total. The fourth-order valence-electron chi connectivity index (χ4n) is 1.66. The third kappa shape index (κ3) is 6.49. The zero-order chi connectivity index (χ0) is 18.5. The van der Waals surface area contributed by atoms with Crippen LogP contribution in [0.5, 0.6) is 0 Å². The molecule has 132 valence electrons. The van der Waals surface area contributed by atoms with E-state index in [1.807, 2.05) is 5.32 Å². The Labute approximate surface area is 139 Å². The van der Waals surface area contributed by atoms with Crippen molar-refractivity contribution in [1.29, 1.82) is 0 Å². The number of thioether (sulfide) groups is 1. The first kappa shape index (κ1) is 19.8. The average molecular weight is 364 g/mol. The third-order valence-corrected chi connectivity index (χ3v) is 3.41. The van der Waals surface area contributed by atoms with E-state index in [1.165, 1.54) is 0 Å². The predicted octanol–water partition coefficient (Wildman–Crippen LogP) is 2.67. The van der Waals surface area contributed by atoms with Crippen LogP contribution in [0.2, 0.25) is 0 Å². The summed E-state index contributed by atoms with van der Waals surface area (Å²) in [6, 6.07) is 3.44. The molecule has 1 aromatic rings. The standard InChI is InChI=1S/C14H15F3N2O4S/c1-7(2)10(11(20)19-13(18)22)23-12(21)8-3-5-9(6-4-8)24-14(15,16)17/h3-7,10H,1-2H3,(H3,18,19,20,22)/t10-/m0/s1. The Morgan fingerprint density at radius 3 is 2.12 bits per heavy atom. The molecule has 0 fully saturated rings. The molecule has 24 heavy (non-hydrogen) atoms. The maximum Gasteiger partial charge on any atom is 0.446 e. The summed E-state index contributed by atoms with van der Waals surface area (Å²) < 4.78 is 41.7. The summed E-state index contributed by atoms with van der Waals surface area (Å²) in [6.07, 6.45) is -1.27. The van der Waals surface area contributed by atoms with Crippen molar-refractivity contribution in [3.63, 3.8) is 0 Å². The lowest BCUT2D eigenvalue weighted by molar-refractivity contribution is -0.130. The van der Waals surface area contributed by atoms with Crippen LogP contribution in [0.3, 0.4) is 0 Å². The van der Waals surface area contributed by atoms with Gasteiger partial charge < -0.3 is 10.5 Å². The zero-order valence-electron chi connectivity index (χ0n) is 12.7. The second-order valence-corrected chi connectivity index (χ2v) is 6.13. The number of nitrogens with one attached hydrogen (secondary N) is 1. The first-order chi connectivity index (χ1) is 11.0. The van der Waals surface area contributed by atoms with Gasteiger partial charge in [-0.15, -0.1) is 0 Å². The van der Waals surface area contributed by atoms with Gasteiger partial charge in [0.1, 0.15) is 0 Å². The summed E-state index contributed by atoms with van der Waals surface area (Å²) >= 11 is -0.316. The zero-order valence-corrected chi connectivity index (χ0v) is 13.5. The summed E-state index contributed by atoms with van der Waals surface area (Å²) in [7, 11) is 0. The Balaban J connectivity index is 2.81. The van der Waals surface area contributed by atoms with Crippen LogP contribution in [-0.4, -0.2) is 29.5 Å². The first-order valence-corrected chi connectivity index (χ1v) is 7.48. The minimum atomic E-state index is -4.43. The molecule has 0 unspecified atom stereocenters. The molecule has 0 aliphatic rings. The van der Waals surface area contributed by atoms with Crippen molar-refractivity contribution < 1.29 is 32.3 Å². The second kappa shape index (κ2) is 8.04. The van der Waals surface area contributed by atoms with Crippen LogP contribution in [0, 0.1) is 5.92 Å². The van der Waals surface area contributed by atoms with E-state index in [0.29, 0.717) is 0 Å². The van der Waals surface area contributed by atoms with Crippen molar-refractivity contribution >= 4 is 29.7 Å². The van der Waals surface area contributed by atoms with Crippen LogP contribution < -0.4 is 11.1 Å². The third-order valence-electron chi connectivity index (χ3n) is 2.67. The molecule has 0 saturated heterocycles. The molecule has 3 amide bonds. The van der Waals surface area contributed by atoms with Crippen LogP contribution in [0.15, 0.2) is 29.2 Å². The van der Waals surface area contributed by atoms with Crippen molar-refractivity contribution in [2.45, 2.75) is 30.4 Å². The number of halogens is 3. The number of hydrogen-bond acceptors (Lipinski definition) is 5. The molecular formula is C14H15F3N2O4S. The number of esters is 1. The van der Waals surface area contributed by atoms with Crippen molar-refractivity contribution in [3.05, 3.63) is 29.8 Å². The molecule has 1 atom stereocenters. The van der Waals surface area contributed by atoms with Crippen LogP contribution >= 0.6 is 11.8 Å². The maximum atomic E-state index is 12.2. The molecule has 10 heteroatoms. The number of rotatable bonds is 5. The molecule has 0 bridgehead atoms. The lowest BCUT2D eigenvalue weighted by Gasteiger charge is -2.19. The highest BCUT2D eigenvalue weighted by Crippen LogP contribution is 2.36. The summed E-state index contributed by atoms with van der Waals surface area (Å²) in [5, 5.41) is 1.81.